The van der Waals surface area contributed by atoms with E-state index in [1.807, 2.05) is 25.2 Å². The highest BCUT2D eigenvalue weighted by atomic mass is 19.4. The van der Waals surface area contributed by atoms with Crippen LogP contribution in [0.2, 0.25) is 0 Å². The lowest BCUT2D eigenvalue weighted by Gasteiger charge is -2.22. The molecule has 2 heterocycles. The highest BCUT2D eigenvalue weighted by molar-refractivity contribution is 5.98. The van der Waals surface area contributed by atoms with Gasteiger partial charge in [-0.2, -0.15) is 13.2 Å². The number of benzene rings is 2. The lowest BCUT2D eigenvalue weighted by Crippen LogP contribution is -2.43. The van der Waals surface area contributed by atoms with Crippen LogP contribution in [0.3, 0.4) is 0 Å². The van der Waals surface area contributed by atoms with Crippen molar-refractivity contribution >= 4 is 28.5 Å². The van der Waals surface area contributed by atoms with Gasteiger partial charge in [0, 0.05) is 35.5 Å². The van der Waals surface area contributed by atoms with Crippen molar-refractivity contribution in [2.45, 2.75) is 51.9 Å². The number of carboxylic acid groups (broad SMARTS) is 1. The van der Waals surface area contributed by atoms with Gasteiger partial charge >= 0.3 is 12.1 Å². The molecule has 12 heteroatoms. The van der Waals surface area contributed by atoms with Crippen LogP contribution in [0, 0.1) is 25.5 Å². The monoisotopic (exact) mass is 586 g/mol. The number of hydrogen-bond donors (Lipinski definition) is 3. The second kappa shape index (κ2) is 12.1. The highest BCUT2D eigenvalue weighted by Gasteiger charge is 2.38. The summed E-state index contributed by atoms with van der Waals surface area (Å²) in [7, 11) is 0. The average molecular weight is 587 g/mol. The topological polar surface area (TPSA) is 104 Å². The number of pyridine rings is 2. The lowest BCUT2D eigenvalue weighted by molar-refractivity contribution is -0.143. The predicted molar refractivity (Wildman–Crippen MR) is 147 cm³/mol. The third-order valence-corrected chi connectivity index (χ3v) is 7.03. The number of alkyl halides is 3. The summed E-state index contributed by atoms with van der Waals surface area (Å²) in [6.07, 6.45) is -2.06. The van der Waals surface area contributed by atoms with Crippen LogP contribution < -0.4 is 10.6 Å². The summed E-state index contributed by atoms with van der Waals surface area (Å²) < 4.78 is 68.8. The number of carboxylic acids is 1. The SMILES string of the molecule is CC[C@@H](Nc1cc(F)c(C(=O)N[C@@H](Cc2ccc(-c3nccc(C)c3C)c3ncccc23)C(=O)O)c(F)c1)C(F)(F)F. The second-order valence-electron chi connectivity index (χ2n) is 9.80. The standard InChI is InChI=1S/C30H27F5N4O3/c1-4-24(30(33,34)35)38-18-13-21(31)25(22(32)14-18)28(40)39-23(29(41)42)12-17-7-8-20(27-19(17)6-5-10-36-27)26-16(3)15(2)9-11-37-26/h5-11,13-14,23-24,38H,4,12H2,1-3H3,(H,39,40)(H,41,42)/t23-,24+/m0/s1. The molecule has 1 amide bonds. The number of carbonyl (C=O) groups excluding carboxylic acids is 1. The van der Waals surface area contributed by atoms with Crippen molar-refractivity contribution in [1.29, 1.82) is 0 Å². The number of rotatable bonds is 9. The molecule has 42 heavy (non-hydrogen) atoms. The van der Waals surface area contributed by atoms with Gasteiger partial charge in [-0.1, -0.05) is 25.1 Å². The molecule has 4 aromatic rings. The number of nitrogens with one attached hydrogen (secondary N) is 2. The molecule has 2 aromatic carbocycles. The first kappa shape index (κ1) is 30.4. The molecule has 0 aliphatic carbocycles. The molecule has 0 radical (unpaired) electrons. The summed E-state index contributed by atoms with van der Waals surface area (Å²) in [5, 5.41) is 14.6. The van der Waals surface area contributed by atoms with Gasteiger partial charge in [-0.25, -0.2) is 13.6 Å². The Morgan fingerprint density at radius 2 is 1.69 bits per heavy atom. The highest BCUT2D eigenvalue weighted by Crippen LogP contribution is 2.32. The summed E-state index contributed by atoms with van der Waals surface area (Å²) in [5.41, 5.74) is 2.82. The van der Waals surface area contributed by atoms with Crippen LogP contribution in [0.4, 0.5) is 27.6 Å². The minimum Gasteiger partial charge on any atom is -0.480 e. The summed E-state index contributed by atoms with van der Waals surface area (Å²) >= 11 is 0. The van der Waals surface area contributed by atoms with Gasteiger partial charge in [0.15, 0.2) is 0 Å². The fraction of sp³-hybridized carbons (Fsp3) is 0.267. The summed E-state index contributed by atoms with van der Waals surface area (Å²) in [5.74, 6) is -5.73. The first-order valence-electron chi connectivity index (χ1n) is 13.0. The number of nitrogens with zero attached hydrogens (tertiary/aromatic N) is 2. The molecular weight excluding hydrogens is 559 g/mol. The van der Waals surface area contributed by atoms with E-state index in [2.05, 4.69) is 15.3 Å². The molecule has 0 bridgehead atoms. The summed E-state index contributed by atoms with van der Waals surface area (Å²) in [6.45, 7) is 5.12. The van der Waals surface area contributed by atoms with E-state index >= 15 is 0 Å². The fourth-order valence-electron chi connectivity index (χ4n) is 4.64. The number of hydrogen-bond acceptors (Lipinski definition) is 5. The van der Waals surface area contributed by atoms with Crippen molar-refractivity contribution < 1.29 is 36.6 Å². The largest absolute Gasteiger partial charge is 0.480 e. The van der Waals surface area contributed by atoms with Crippen molar-refractivity contribution in [1.82, 2.24) is 15.3 Å². The maximum Gasteiger partial charge on any atom is 0.408 e. The Kier molecular flexibility index (Phi) is 8.74. The second-order valence-corrected chi connectivity index (χ2v) is 9.80. The van der Waals surface area contributed by atoms with Crippen molar-refractivity contribution in [3.8, 4) is 11.3 Å². The summed E-state index contributed by atoms with van der Waals surface area (Å²) in [6, 6.07) is 6.16. The quantitative estimate of drug-likeness (QED) is 0.197. The van der Waals surface area contributed by atoms with Gasteiger partial charge in [-0.15, -0.1) is 0 Å². The van der Waals surface area contributed by atoms with Gasteiger partial charge in [0.25, 0.3) is 5.91 Å². The molecule has 7 nitrogen and oxygen atoms in total. The van der Waals surface area contributed by atoms with Crippen LogP contribution in [0.5, 0.6) is 0 Å². The first-order valence-corrected chi connectivity index (χ1v) is 13.0. The molecule has 0 unspecified atom stereocenters. The Morgan fingerprint density at radius 3 is 2.31 bits per heavy atom. The van der Waals surface area contributed by atoms with Gasteiger partial charge in [0.1, 0.15) is 29.3 Å². The van der Waals surface area contributed by atoms with E-state index in [0.717, 1.165) is 16.7 Å². The van der Waals surface area contributed by atoms with E-state index in [1.165, 1.54) is 6.92 Å². The third-order valence-electron chi connectivity index (χ3n) is 7.03. The first-order chi connectivity index (χ1) is 19.8. The molecule has 0 aliphatic heterocycles. The molecule has 2 aromatic heterocycles. The molecule has 0 saturated heterocycles. The van der Waals surface area contributed by atoms with Crippen LogP contribution in [0.25, 0.3) is 22.2 Å². The maximum absolute atomic E-state index is 14.8. The normalized spacial score (nSPS) is 13.0. The minimum absolute atomic E-state index is 0.254. The Morgan fingerprint density at radius 1 is 1.00 bits per heavy atom. The van der Waals surface area contributed by atoms with Crippen LogP contribution in [-0.4, -0.2) is 45.2 Å². The van der Waals surface area contributed by atoms with Gasteiger partial charge in [0.05, 0.1) is 11.2 Å². The van der Waals surface area contributed by atoms with E-state index in [-0.39, 0.29) is 6.42 Å². The van der Waals surface area contributed by atoms with Crippen molar-refractivity contribution in [3.05, 3.63) is 88.7 Å². The molecule has 0 fully saturated rings. The lowest BCUT2D eigenvalue weighted by atomic mass is 9.95. The molecule has 3 N–H and O–H groups in total. The molecular formula is C30H27F5N4O3. The smallest absolute Gasteiger partial charge is 0.408 e. The maximum atomic E-state index is 14.8. The minimum atomic E-state index is -4.67. The van der Waals surface area contributed by atoms with E-state index in [9.17, 15) is 36.6 Å². The predicted octanol–water partition coefficient (Wildman–Crippen LogP) is 6.37. The number of halogens is 5. The third kappa shape index (κ3) is 6.32. The van der Waals surface area contributed by atoms with Crippen molar-refractivity contribution in [2.24, 2.45) is 0 Å². The Bertz CT molecular complexity index is 1640. The Labute approximate surface area is 237 Å². The van der Waals surface area contributed by atoms with E-state index < -0.39 is 59.4 Å². The number of aromatic nitrogens is 2. The van der Waals surface area contributed by atoms with Gasteiger partial charge in [-0.05, 0) is 61.2 Å². The Hall–Kier alpha value is -4.61. The molecule has 0 saturated carbocycles. The average Bonchev–Trinajstić information content (AvgIpc) is 2.92. The fourth-order valence-corrected chi connectivity index (χ4v) is 4.64. The van der Waals surface area contributed by atoms with E-state index in [0.29, 0.717) is 34.3 Å². The molecule has 2 atom stereocenters. The summed E-state index contributed by atoms with van der Waals surface area (Å²) in [4.78, 5) is 33.9. The number of aryl methyl sites for hydroxylation is 1. The van der Waals surface area contributed by atoms with Crippen LogP contribution >= 0.6 is 0 Å². The van der Waals surface area contributed by atoms with Crippen LogP contribution in [0.1, 0.15) is 40.4 Å². The van der Waals surface area contributed by atoms with Gasteiger partial charge in [0.2, 0.25) is 0 Å². The molecule has 220 valence electrons. The zero-order valence-corrected chi connectivity index (χ0v) is 22.8. The zero-order chi connectivity index (χ0) is 30.8. The number of carbonyl (C=O) groups is 2. The van der Waals surface area contributed by atoms with Gasteiger partial charge < -0.3 is 15.7 Å². The Balaban J connectivity index is 1.62. The molecule has 0 spiro atoms. The zero-order valence-electron chi connectivity index (χ0n) is 22.8. The van der Waals surface area contributed by atoms with Crippen molar-refractivity contribution in [3.63, 3.8) is 0 Å². The van der Waals surface area contributed by atoms with E-state index in [1.54, 1.807) is 36.7 Å². The van der Waals surface area contributed by atoms with E-state index in [4.69, 9.17) is 0 Å². The number of amides is 1. The number of anilines is 1. The number of aliphatic carboxylic acids is 1. The van der Waals surface area contributed by atoms with Crippen LogP contribution in [0.15, 0.2) is 54.9 Å². The van der Waals surface area contributed by atoms with Crippen molar-refractivity contribution in [2.75, 3.05) is 5.32 Å². The molecule has 0 aliphatic rings. The van der Waals surface area contributed by atoms with Crippen LogP contribution in [-0.2, 0) is 11.2 Å². The van der Waals surface area contributed by atoms with Gasteiger partial charge in [-0.3, -0.25) is 14.8 Å². The molecule has 4 rings (SSSR count). The number of fused-ring (bicyclic) bond motifs is 1.